The summed E-state index contributed by atoms with van der Waals surface area (Å²) in [5, 5.41) is 17.6. The summed E-state index contributed by atoms with van der Waals surface area (Å²) in [6.45, 7) is 4.90. The summed E-state index contributed by atoms with van der Waals surface area (Å²) in [5.74, 6) is 0.0697. The lowest BCUT2D eigenvalue weighted by atomic mass is 10.2. The molecule has 1 aromatic heterocycles. The Balaban J connectivity index is 2.71. The number of hydrogen-bond acceptors (Lipinski definition) is 5. The third-order valence-corrected chi connectivity index (χ3v) is 3.69. The summed E-state index contributed by atoms with van der Waals surface area (Å²) in [6.07, 6.45) is 2.81. The second kappa shape index (κ2) is 8.16. The third-order valence-electron chi connectivity index (χ3n) is 2.74. The lowest BCUT2D eigenvalue weighted by Gasteiger charge is -2.10. The van der Waals surface area contributed by atoms with Gasteiger partial charge >= 0.3 is 5.97 Å². The van der Waals surface area contributed by atoms with Gasteiger partial charge in [-0.2, -0.15) is 0 Å². The third kappa shape index (κ3) is 5.20. The van der Waals surface area contributed by atoms with Gasteiger partial charge in [-0.1, -0.05) is 18.7 Å². The minimum Gasteiger partial charge on any atom is -0.481 e. The highest BCUT2D eigenvalue weighted by Gasteiger charge is 2.14. The van der Waals surface area contributed by atoms with Crippen molar-refractivity contribution in [2.75, 3.05) is 12.9 Å². The lowest BCUT2D eigenvalue weighted by Crippen LogP contribution is -2.11. The highest BCUT2D eigenvalue weighted by atomic mass is 32.2. The number of methoxy groups -OCH3 is 1. The molecular formula is C12H21N3O3S. The Hall–Kier alpha value is -1.08. The van der Waals surface area contributed by atoms with Gasteiger partial charge in [-0.05, 0) is 19.8 Å². The second-order valence-corrected chi connectivity index (χ2v) is 5.26. The quantitative estimate of drug-likeness (QED) is 0.698. The first kappa shape index (κ1) is 16.0. The van der Waals surface area contributed by atoms with E-state index in [0.29, 0.717) is 5.16 Å². The first-order valence-electron chi connectivity index (χ1n) is 6.37. The molecule has 1 rings (SSSR count). The molecule has 0 aliphatic carbocycles. The van der Waals surface area contributed by atoms with E-state index in [2.05, 4.69) is 17.1 Å². The maximum absolute atomic E-state index is 10.6. The van der Waals surface area contributed by atoms with Crippen LogP contribution in [0.1, 0.15) is 32.5 Å². The van der Waals surface area contributed by atoms with Gasteiger partial charge < -0.3 is 14.4 Å². The molecule has 0 saturated carbocycles. The zero-order valence-corrected chi connectivity index (χ0v) is 12.4. The molecule has 0 aliphatic heterocycles. The van der Waals surface area contributed by atoms with Crippen molar-refractivity contribution in [2.45, 2.75) is 50.9 Å². The van der Waals surface area contributed by atoms with Crippen LogP contribution in [0.3, 0.4) is 0 Å². The maximum Gasteiger partial charge on any atom is 0.313 e. The molecule has 0 aromatic carbocycles. The number of aryl methyl sites for hydroxylation is 1. The van der Waals surface area contributed by atoms with Crippen molar-refractivity contribution in [3.63, 3.8) is 0 Å². The zero-order valence-electron chi connectivity index (χ0n) is 11.6. The molecular weight excluding hydrogens is 266 g/mol. The average molecular weight is 287 g/mol. The van der Waals surface area contributed by atoms with Crippen LogP contribution in [0, 0.1) is 0 Å². The largest absolute Gasteiger partial charge is 0.481 e. The van der Waals surface area contributed by atoms with Crippen LogP contribution in [-0.2, 0) is 22.5 Å². The van der Waals surface area contributed by atoms with E-state index in [1.54, 1.807) is 7.11 Å². The fourth-order valence-corrected chi connectivity index (χ4v) is 2.34. The van der Waals surface area contributed by atoms with Crippen molar-refractivity contribution in [3.8, 4) is 0 Å². The van der Waals surface area contributed by atoms with Crippen molar-refractivity contribution in [1.29, 1.82) is 0 Å². The number of thioether (sulfide) groups is 1. The number of nitrogens with zero attached hydrogens (tertiary/aromatic N) is 3. The van der Waals surface area contributed by atoms with E-state index >= 15 is 0 Å². The number of hydrogen-bond donors (Lipinski definition) is 1. The number of ether oxygens (including phenoxy) is 1. The topological polar surface area (TPSA) is 77.2 Å². The SMILES string of the molecule is CCCn1c(CCC(C)OC)nnc1SCC(=O)O. The normalized spacial score (nSPS) is 12.6. The molecule has 0 bridgehead atoms. The number of carboxylic acids is 1. The van der Waals surface area contributed by atoms with Crippen LogP contribution < -0.4 is 0 Å². The first-order valence-corrected chi connectivity index (χ1v) is 7.36. The molecule has 0 amide bonds. The van der Waals surface area contributed by atoms with Crippen LogP contribution in [0.25, 0.3) is 0 Å². The Kier molecular flexibility index (Phi) is 6.86. The van der Waals surface area contributed by atoms with E-state index < -0.39 is 5.97 Å². The minimum atomic E-state index is -0.842. The fraction of sp³-hybridized carbons (Fsp3) is 0.750. The molecule has 0 aliphatic rings. The van der Waals surface area contributed by atoms with Gasteiger partial charge in [0.05, 0.1) is 11.9 Å². The summed E-state index contributed by atoms with van der Waals surface area (Å²) in [7, 11) is 1.69. The lowest BCUT2D eigenvalue weighted by molar-refractivity contribution is -0.133. The molecule has 108 valence electrons. The molecule has 1 unspecified atom stereocenters. The van der Waals surface area contributed by atoms with Gasteiger partial charge in [-0.25, -0.2) is 0 Å². The molecule has 0 spiro atoms. The van der Waals surface area contributed by atoms with Crippen molar-refractivity contribution in [1.82, 2.24) is 14.8 Å². The first-order chi connectivity index (χ1) is 9.08. The van der Waals surface area contributed by atoms with E-state index in [1.165, 1.54) is 11.8 Å². The smallest absolute Gasteiger partial charge is 0.313 e. The van der Waals surface area contributed by atoms with Crippen LogP contribution in [0.5, 0.6) is 0 Å². The van der Waals surface area contributed by atoms with Crippen molar-refractivity contribution in [2.24, 2.45) is 0 Å². The van der Waals surface area contributed by atoms with Gasteiger partial charge in [0.1, 0.15) is 5.82 Å². The number of carboxylic acid groups (broad SMARTS) is 1. The molecule has 0 saturated heterocycles. The maximum atomic E-state index is 10.6. The molecule has 0 fully saturated rings. The predicted molar refractivity (Wildman–Crippen MR) is 73.5 cm³/mol. The van der Waals surface area contributed by atoms with Gasteiger partial charge in [-0.3, -0.25) is 4.79 Å². The van der Waals surface area contributed by atoms with Gasteiger partial charge in [0.25, 0.3) is 0 Å². The molecule has 1 N–H and O–H groups in total. The number of rotatable bonds is 9. The summed E-state index contributed by atoms with van der Waals surface area (Å²) in [4.78, 5) is 10.6. The van der Waals surface area contributed by atoms with E-state index in [1.807, 2.05) is 11.5 Å². The number of aliphatic carboxylic acids is 1. The molecule has 1 heterocycles. The van der Waals surface area contributed by atoms with E-state index in [0.717, 1.165) is 31.6 Å². The number of carbonyl (C=O) groups is 1. The molecule has 1 atom stereocenters. The van der Waals surface area contributed by atoms with E-state index in [-0.39, 0.29) is 11.9 Å². The Labute approximate surface area is 117 Å². The molecule has 19 heavy (non-hydrogen) atoms. The van der Waals surface area contributed by atoms with Crippen LogP contribution in [0.15, 0.2) is 5.16 Å². The van der Waals surface area contributed by atoms with Gasteiger partial charge in [0, 0.05) is 20.1 Å². The fourth-order valence-electron chi connectivity index (χ4n) is 1.64. The van der Waals surface area contributed by atoms with Crippen molar-refractivity contribution in [3.05, 3.63) is 5.82 Å². The molecule has 6 nitrogen and oxygen atoms in total. The van der Waals surface area contributed by atoms with Gasteiger partial charge in [0.15, 0.2) is 5.16 Å². The summed E-state index contributed by atoms with van der Waals surface area (Å²) in [5.41, 5.74) is 0. The Morgan fingerprint density at radius 3 is 2.84 bits per heavy atom. The van der Waals surface area contributed by atoms with Gasteiger partial charge in [-0.15, -0.1) is 10.2 Å². The van der Waals surface area contributed by atoms with E-state index in [9.17, 15) is 4.79 Å². The summed E-state index contributed by atoms with van der Waals surface area (Å²) in [6, 6.07) is 0. The highest BCUT2D eigenvalue weighted by molar-refractivity contribution is 7.99. The van der Waals surface area contributed by atoms with Crippen LogP contribution in [0.2, 0.25) is 0 Å². The van der Waals surface area contributed by atoms with Gasteiger partial charge in [0.2, 0.25) is 0 Å². The summed E-state index contributed by atoms with van der Waals surface area (Å²) >= 11 is 1.21. The highest BCUT2D eigenvalue weighted by Crippen LogP contribution is 2.18. The monoisotopic (exact) mass is 287 g/mol. The molecule has 7 heteroatoms. The van der Waals surface area contributed by atoms with Crippen molar-refractivity contribution < 1.29 is 14.6 Å². The minimum absolute atomic E-state index is 0.0102. The van der Waals surface area contributed by atoms with Crippen LogP contribution in [-0.4, -0.2) is 44.8 Å². The second-order valence-electron chi connectivity index (χ2n) is 4.32. The Morgan fingerprint density at radius 2 is 2.26 bits per heavy atom. The molecule has 0 radical (unpaired) electrons. The van der Waals surface area contributed by atoms with Crippen LogP contribution in [0.4, 0.5) is 0 Å². The Morgan fingerprint density at radius 1 is 1.53 bits per heavy atom. The predicted octanol–water partition coefficient (Wildman–Crippen LogP) is 1.83. The standard InChI is InChI=1S/C12H21N3O3S/c1-4-7-15-10(6-5-9(2)18-3)13-14-12(15)19-8-11(16)17/h9H,4-8H2,1-3H3,(H,16,17). The summed E-state index contributed by atoms with van der Waals surface area (Å²) < 4.78 is 7.23. The number of aromatic nitrogens is 3. The Bertz CT molecular complexity index is 409. The van der Waals surface area contributed by atoms with Crippen LogP contribution >= 0.6 is 11.8 Å². The van der Waals surface area contributed by atoms with E-state index in [4.69, 9.17) is 9.84 Å². The van der Waals surface area contributed by atoms with Crippen molar-refractivity contribution >= 4 is 17.7 Å². The average Bonchev–Trinajstić information content (AvgIpc) is 2.76. The zero-order chi connectivity index (χ0) is 14.3. The molecule has 1 aromatic rings.